The van der Waals surface area contributed by atoms with Crippen molar-refractivity contribution in [3.8, 4) is 5.75 Å². The van der Waals surface area contributed by atoms with Gasteiger partial charge < -0.3 is 9.64 Å². The number of hydrogen-bond acceptors (Lipinski definition) is 6. The first-order valence-corrected chi connectivity index (χ1v) is 8.05. The van der Waals surface area contributed by atoms with Gasteiger partial charge in [-0.2, -0.15) is 0 Å². The quantitative estimate of drug-likeness (QED) is 0.733. The van der Waals surface area contributed by atoms with E-state index in [1.807, 2.05) is 42.5 Å². The number of rotatable bonds is 4. The van der Waals surface area contributed by atoms with Gasteiger partial charge in [-0.1, -0.05) is 32.0 Å². The van der Waals surface area contributed by atoms with Crippen LogP contribution in [0.2, 0.25) is 0 Å². The first-order valence-electron chi connectivity index (χ1n) is 8.05. The largest absolute Gasteiger partial charge is 0.490 e. The van der Waals surface area contributed by atoms with Gasteiger partial charge in [-0.3, -0.25) is 0 Å². The second-order valence-electron chi connectivity index (χ2n) is 6.82. The van der Waals surface area contributed by atoms with E-state index in [-0.39, 0.29) is 11.5 Å². The van der Waals surface area contributed by atoms with Gasteiger partial charge >= 0.3 is 0 Å². The van der Waals surface area contributed by atoms with Crippen molar-refractivity contribution in [1.82, 2.24) is 25.3 Å². The molecule has 0 radical (unpaired) electrons. The van der Waals surface area contributed by atoms with Gasteiger partial charge in [0.15, 0.2) is 11.5 Å². The SMILES string of the molecule is CN(c1ccc2nnnn2n1)[C@@H]1C[C@H](Oc2ccccc2)C1(C)C. The Bertz CT molecular complexity index is 846. The normalized spacial score (nSPS) is 22.1. The molecule has 2 aromatic heterocycles. The molecule has 4 rings (SSSR count). The van der Waals surface area contributed by atoms with Crippen LogP contribution < -0.4 is 9.64 Å². The molecule has 2 atom stereocenters. The van der Waals surface area contributed by atoms with Crippen molar-refractivity contribution in [2.24, 2.45) is 5.41 Å². The lowest BCUT2D eigenvalue weighted by atomic mass is 9.64. The van der Waals surface area contributed by atoms with Crippen molar-refractivity contribution >= 4 is 11.5 Å². The van der Waals surface area contributed by atoms with E-state index >= 15 is 0 Å². The molecular formula is C17H20N6O. The number of fused-ring (bicyclic) bond motifs is 1. The summed E-state index contributed by atoms with van der Waals surface area (Å²) in [4.78, 5) is 2.19. The molecule has 1 saturated carbocycles. The predicted molar refractivity (Wildman–Crippen MR) is 90.0 cm³/mol. The van der Waals surface area contributed by atoms with Crippen molar-refractivity contribution in [1.29, 1.82) is 0 Å². The molecule has 0 bridgehead atoms. The molecule has 1 aliphatic rings. The van der Waals surface area contributed by atoms with Crippen molar-refractivity contribution < 1.29 is 4.74 Å². The number of nitrogens with zero attached hydrogens (tertiary/aromatic N) is 6. The molecule has 1 fully saturated rings. The smallest absolute Gasteiger partial charge is 0.200 e. The third-order valence-corrected chi connectivity index (χ3v) is 5.03. The molecule has 0 saturated heterocycles. The van der Waals surface area contributed by atoms with Gasteiger partial charge in [0.25, 0.3) is 0 Å². The molecule has 124 valence electrons. The van der Waals surface area contributed by atoms with Gasteiger partial charge in [-0.05, 0) is 34.7 Å². The third-order valence-electron chi connectivity index (χ3n) is 5.03. The van der Waals surface area contributed by atoms with E-state index in [0.717, 1.165) is 18.0 Å². The van der Waals surface area contributed by atoms with Gasteiger partial charge in [0, 0.05) is 24.9 Å². The number of hydrogen-bond donors (Lipinski definition) is 0. The summed E-state index contributed by atoms with van der Waals surface area (Å²) < 4.78 is 7.61. The number of aromatic nitrogens is 5. The van der Waals surface area contributed by atoms with E-state index in [1.54, 1.807) is 0 Å². The zero-order valence-corrected chi connectivity index (χ0v) is 14.0. The summed E-state index contributed by atoms with van der Waals surface area (Å²) in [6, 6.07) is 14.2. The van der Waals surface area contributed by atoms with Gasteiger partial charge in [-0.15, -0.1) is 14.8 Å². The molecule has 3 aromatic rings. The van der Waals surface area contributed by atoms with Crippen molar-refractivity contribution in [3.63, 3.8) is 0 Å². The zero-order valence-electron chi connectivity index (χ0n) is 14.0. The van der Waals surface area contributed by atoms with Crippen LogP contribution in [-0.2, 0) is 0 Å². The maximum atomic E-state index is 6.16. The van der Waals surface area contributed by atoms with Crippen LogP contribution in [0, 0.1) is 5.41 Å². The monoisotopic (exact) mass is 324 g/mol. The Balaban J connectivity index is 1.50. The highest BCUT2D eigenvalue weighted by Gasteiger charge is 2.52. The minimum atomic E-state index is 0.0157. The van der Waals surface area contributed by atoms with Crippen molar-refractivity contribution in [2.75, 3.05) is 11.9 Å². The average Bonchev–Trinajstić information content (AvgIpc) is 3.06. The van der Waals surface area contributed by atoms with Gasteiger partial charge in [0.2, 0.25) is 0 Å². The standard InChI is InChI=1S/C17H20N6O/c1-17(2)13(11-14(17)24-12-7-5-4-6-8-12)22(3)16-10-9-15-18-20-21-23(15)19-16/h4-10,13-14H,11H2,1-3H3/t13-,14+/m1/s1. The van der Waals surface area contributed by atoms with Gasteiger partial charge in [-0.25, -0.2) is 0 Å². The predicted octanol–water partition coefficient (Wildman–Crippen LogP) is 2.20. The molecule has 7 heteroatoms. The van der Waals surface area contributed by atoms with E-state index in [9.17, 15) is 0 Å². The average molecular weight is 324 g/mol. The molecule has 0 spiro atoms. The first kappa shape index (κ1) is 14.9. The molecule has 0 N–H and O–H groups in total. The van der Waals surface area contributed by atoms with E-state index in [4.69, 9.17) is 4.74 Å². The molecule has 0 unspecified atom stereocenters. The highest BCUT2D eigenvalue weighted by molar-refractivity contribution is 5.45. The second kappa shape index (κ2) is 5.43. The molecule has 0 amide bonds. The minimum Gasteiger partial charge on any atom is -0.490 e. The van der Waals surface area contributed by atoms with E-state index in [1.165, 1.54) is 4.63 Å². The van der Waals surface area contributed by atoms with Crippen molar-refractivity contribution in [2.45, 2.75) is 32.4 Å². The molecule has 24 heavy (non-hydrogen) atoms. The van der Waals surface area contributed by atoms with E-state index < -0.39 is 0 Å². The Hall–Kier alpha value is -2.70. The summed E-state index contributed by atoms with van der Waals surface area (Å²) in [5, 5.41) is 15.9. The van der Waals surface area contributed by atoms with Crippen LogP contribution in [0.1, 0.15) is 20.3 Å². The van der Waals surface area contributed by atoms with Crippen LogP contribution in [0.5, 0.6) is 5.75 Å². The third kappa shape index (κ3) is 2.36. The minimum absolute atomic E-state index is 0.0157. The lowest BCUT2D eigenvalue weighted by Crippen LogP contribution is -2.62. The Morgan fingerprint density at radius 1 is 1.17 bits per heavy atom. The first-order chi connectivity index (χ1) is 11.6. The summed E-state index contributed by atoms with van der Waals surface area (Å²) in [6.07, 6.45) is 1.14. The second-order valence-corrected chi connectivity index (χ2v) is 6.82. The number of ether oxygens (including phenoxy) is 1. The topological polar surface area (TPSA) is 68.4 Å². The Morgan fingerprint density at radius 3 is 2.71 bits per heavy atom. The number of anilines is 1. The molecular weight excluding hydrogens is 304 g/mol. The highest BCUT2D eigenvalue weighted by atomic mass is 16.5. The Kier molecular flexibility index (Phi) is 3.37. The van der Waals surface area contributed by atoms with Gasteiger partial charge in [0.1, 0.15) is 11.9 Å². The van der Waals surface area contributed by atoms with Crippen molar-refractivity contribution in [3.05, 3.63) is 42.5 Å². The summed E-state index contributed by atoms with van der Waals surface area (Å²) in [6.45, 7) is 4.47. The lowest BCUT2D eigenvalue weighted by molar-refractivity contribution is -0.0418. The molecule has 7 nitrogen and oxygen atoms in total. The van der Waals surface area contributed by atoms with E-state index in [2.05, 4.69) is 46.4 Å². The highest BCUT2D eigenvalue weighted by Crippen LogP contribution is 2.46. The molecule has 1 aromatic carbocycles. The number of benzene rings is 1. The maximum absolute atomic E-state index is 6.16. The summed E-state index contributed by atoms with van der Waals surface area (Å²) in [7, 11) is 2.06. The fourth-order valence-corrected chi connectivity index (χ4v) is 3.37. The number of para-hydroxylation sites is 1. The molecule has 0 aliphatic heterocycles. The maximum Gasteiger partial charge on any atom is 0.200 e. The molecule has 1 aliphatic carbocycles. The van der Waals surface area contributed by atoms with Crippen LogP contribution in [0.4, 0.5) is 5.82 Å². The van der Waals surface area contributed by atoms with Crippen LogP contribution >= 0.6 is 0 Å². The Morgan fingerprint density at radius 2 is 1.96 bits per heavy atom. The fourth-order valence-electron chi connectivity index (χ4n) is 3.37. The summed E-state index contributed by atoms with van der Waals surface area (Å²) in [5.41, 5.74) is 0.660. The summed E-state index contributed by atoms with van der Waals surface area (Å²) >= 11 is 0. The lowest BCUT2D eigenvalue weighted by Gasteiger charge is -2.54. The summed E-state index contributed by atoms with van der Waals surface area (Å²) in [5.74, 6) is 1.77. The zero-order chi connectivity index (χ0) is 16.7. The van der Waals surface area contributed by atoms with Crippen LogP contribution in [0.15, 0.2) is 42.5 Å². The fraction of sp³-hybridized carbons (Fsp3) is 0.412. The van der Waals surface area contributed by atoms with E-state index in [0.29, 0.717) is 11.7 Å². The number of tetrazole rings is 1. The Labute approximate surface area is 140 Å². The van der Waals surface area contributed by atoms with Crippen LogP contribution in [0.25, 0.3) is 5.65 Å². The van der Waals surface area contributed by atoms with Crippen LogP contribution in [0.3, 0.4) is 0 Å². The van der Waals surface area contributed by atoms with Crippen LogP contribution in [-0.4, -0.2) is 44.4 Å². The molecule has 2 heterocycles. The van der Waals surface area contributed by atoms with Gasteiger partial charge in [0.05, 0.1) is 0 Å².